The molecular formula is C19H31N3O4Si. The maximum absolute atomic E-state index is 11.9. The number of amides is 1. The van der Waals surface area contributed by atoms with Crippen molar-refractivity contribution in [2.24, 2.45) is 0 Å². The first-order valence-electron chi connectivity index (χ1n) is 9.16. The van der Waals surface area contributed by atoms with Gasteiger partial charge in [0.15, 0.2) is 0 Å². The van der Waals surface area contributed by atoms with Crippen molar-refractivity contribution in [3.8, 4) is 0 Å². The van der Waals surface area contributed by atoms with E-state index >= 15 is 0 Å². The number of nitrogens with zero attached hydrogens (tertiary/aromatic N) is 2. The van der Waals surface area contributed by atoms with Crippen molar-refractivity contribution in [3.05, 3.63) is 23.9 Å². The van der Waals surface area contributed by atoms with E-state index in [9.17, 15) is 9.90 Å². The molecule has 0 saturated carbocycles. The van der Waals surface area contributed by atoms with Crippen LogP contribution >= 0.6 is 0 Å². The molecule has 0 atom stereocenters. The predicted molar refractivity (Wildman–Crippen MR) is 110 cm³/mol. The highest BCUT2D eigenvalue weighted by atomic mass is 28.3. The maximum Gasteiger partial charge on any atom is 0.413 e. The quantitative estimate of drug-likeness (QED) is 0.544. The molecule has 0 spiro atoms. The number of hydrogen-bond acceptors (Lipinski definition) is 5. The largest absolute Gasteiger partial charge is 0.444 e. The summed E-state index contributed by atoms with van der Waals surface area (Å²) in [5.74, 6) is 0.401. The third kappa shape index (κ3) is 6.64. The van der Waals surface area contributed by atoms with Crippen LogP contribution in [0.25, 0.3) is 11.0 Å². The third-order valence-corrected chi connectivity index (χ3v) is 5.56. The Morgan fingerprint density at radius 2 is 2.00 bits per heavy atom. The Labute approximate surface area is 161 Å². The van der Waals surface area contributed by atoms with E-state index in [0.29, 0.717) is 24.7 Å². The molecule has 1 amide bonds. The summed E-state index contributed by atoms with van der Waals surface area (Å²) in [7, 11) is -1.14. The fourth-order valence-electron chi connectivity index (χ4n) is 2.49. The molecule has 27 heavy (non-hydrogen) atoms. The summed E-state index contributed by atoms with van der Waals surface area (Å²) in [6, 6.07) is 6.46. The van der Waals surface area contributed by atoms with Crippen LogP contribution < -0.4 is 5.32 Å². The van der Waals surface area contributed by atoms with E-state index in [-0.39, 0.29) is 6.61 Å². The minimum absolute atomic E-state index is 0.109. The van der Waals surface area contributed by atoms with E-state index in [1.165, 1.54) is 0 Å². The van der Waals surface area contributed by atoms with Gasteiger partial charge in [-0.2, -0.15) is 0 Å². The Morgan fingerprint density at radius 1 is 1.30 bits per heavy atom. The Bertz CT molecular complexity index is 791. The van der Waals surface area contributed by atoms with E-state index in [1.54, 1.807) is 32.9 Å². The number of carbonyl (C=O) groups excluding carboxylic acids is 1. The molecule has 2 aromatic rings. The smallest absolute Gasteiger partial charge is 0.413 e. The summed E-state index contributed by atoms with van der Waals surface area (Å²) in [5.41, 5.74) is 1.68. The lowest BCUT2D eigenvalue weighted by Crippen LogP contribution is -2.27. The van der Waals surface area contributed by atoms with Crippen LogP contribution in [0.3, 0.4) is 0 Å². The Balaban J connectivity index is 2.12. The van der Waals surface area contributed by atoms with E-state index in [1.807, 2.05) is 10.6 Å². The first kappa shape index (κ1) is 21.4. The fraction of sp³-hybridized carbons (Fsp3) is 0.579. The topological polar surface area (TPSA) is 85.6 Å². The predicted octanol–water partition coefficient (Wildman–Crippen LogP) is 4.19. The molecule has 0 aliphatic carbocycles. The molecule has 0 unspecified atom stereocenters. The Hall–Kier alpha value is -1.90. The average Bonchev–Trinajstić information content (AvgIpc) is 2.85. The van der Waals surface area contributed by atoms with Gasteiger partial charge in [0.05, 0.1) is 17.6 Å². The van der Waals surface area contributed by atoms with Crippen molar-refractivity contribution in [1.82, 2.24) is 9.55 Å². The lowest BCUT2D eigenvalue weighted by atomic mass is 10.2. The van der Waals surface area contributed by atoms with Crippen molar-refractivity contribution < 1.29 is 19.4 Å². The number of aliphatic hydroxyl groups excluding tert-OH is 1. The van der Waals surface area contributed by atoms with Gasteiger partial charge in [0.1, 0.15) is 18.1 Å². The zero-order valence-corrected chi connectivity index (χ0v) is 18.1. The zero-order valence-electron chi connectivity index (χ0n) is 17.1. The summed E-state index contributed by atoms with van der Waals surface area (Å²) < 4.78 is 13.0. The van der Waals surface area contributed by atoms with Gasteiger partial charge in [0.25, 0.3) is 0 Å². The minimum atomic E-state index is -1.14. The van der Waals surface area contributed by atoms with Gasteiger partial charge < -0.3 is 19.1 Å². The van der Waals surface area contributed by atoms with Gasteiger partial charge >= 0.3 is 6.09 Å². The van der Waals surface area contributed by atoms with Crippen LogP contribution in [0.4, 0.5) is 10.6 Å². The van der Waals surface area contributed by atoms with Gasteiger partial charge in [-0.25, -0.2) is 9.78 Å². The number of hydrogen-bond donors (Lipinski definition) is 2. The van der Waals surface area contributed by atoms with Gasteiger partial charge in [0.2, 0.25) is 0 Å². The second kappa shape index (κ2) is 8.41. The molecule has 2 aromatic heterocycles. The number of ether oxygens (including phenoxy) is 2. The summed E-state index contributed by atoms with van der Waals surface area (Å²) in [4.78, 5) is 16.4. The first-order chi connectivity index (χ1) is 12.5. The van der Waals surface area contributed by atoms with Crippen LogP contribution in [0, 0.1) is 0 Å². The summed E-state index contributed by atoms with van der Waals surface area (Å²) in [6.45, 7) is 13.3. The molecule has 2 rings (SSSR count). The highest BCUT2D eigenvalue weighted by molar-refractivity contribution is 6.76. The molecule has 0 fully saturated rings. The minimum Gasteiger partial charge on any atom is -0.444 e. The molecule has 0 bridgehead atoms. The van der Waals surface area contributed by atoms with Crippen molar-refractivity contribution in [2.45, 2.75) is 65.4 Å². The van der Waals surface area contributed by atoms with Gasteiger partial charge in [0, 0.05) is 20.4 Å². The van der Waals surface area contributed by atoms with Crippen LogP contribution in [0.1, 0.15) is 26.5 Å². The van der Waals surface area contributed by atoms with E-state index in [4.69, 9.17) is 9.47 Å². The van der Waals surface area contributed by atoms with Crippen molar-refractivity contribution in [2.75, 3.05) is 11.9 Å². The van der Waals surface area contributed by atoms with E-state index < -0.39 is 19.8 Å². The molecule has 7 nitrogen and oxygen atoms in total. The van der Waals surface area contributed by atoms with Gasteiger partial charge in [-0.15, -0.1) is 0 Å². The number of fused-ring (bicyclic) bond motifs is 1. The van der Waals surface area contributed by atoms with Crippen LogP contribution in [0.5, 0.6) is 0 Å². The average molecular weight is 394 g/mol. The SMILES string of the molecule is CC(C)(C)OC(=O)Nc1ccc2c(cc(CO)n2COCC[Si](C)(C)C)n1. The lowest BCUT2D eigenvalue weighted by Gasteiger charge is -2.19. The maximum atomic E-state index is 11.9. The highest BCUT2D eigenvalue weighted by Crippen LogP contribution is 2.21. The molecule has 0 aliphatic rings. The lowest BCUT2D eigenvalue weighted by molar-refractivity contribution is 0.0635. The third-order valence-electron chi connectivity index (χ3n) is 3.85. The van der Waals surface area contributed by atoms with Crippen LogP contribution in [0.15, 0.2) is 18.2 Å². The van der Waals surface area contributed by atoms with Crippen LogP contribution in [-0.4, -0.2) is 41.0 Å². The van der Waals surface area contributed by atoms with Crippen LogP contribution in [0.2, 0.25) is 25.7 Å². The molecule has 2 N–H and O–H groups in total. The number of rotatable bonds is 7. The summed E-state index contributed by atoms with van der Waals surface area (Å²) >= 11 is 0. The number of aliphatic hydroxyl groups is 1. The first-order valence-corrected chi connectivity index (χ1v) is 12.9. The van der Waals surface area contributed by atoms with Gasteiger partial charge in [-0.05, 0) is 45.0 Å². The Kier molecular flexibility index (Phi) is 6.66. The summed E-state index contributed by atoms with van der Waals surface area (Å²) in [6.07, 6.45) is -0.550. The molecule has 0 aromatic carbocycles. The van der Waals surface area contributed by atoms with E-state index in [2.05, 4.69) is 29.9 Å². The molecule has 0 radical (unpaired) electrons. The monoisotopic (exact) mass is 393 g/mol. The number of aromatic nitrogens is 2. The van der Waals surface area contributed by atoms with Gasteiger partial charge in [-0.3, -0.25) is 5.32 Å². The van der Waals surface area contributed by atoms with Crippen molar-refractivity contribution >= 4 is 31.0 Å². The number of pyridine rings is 1. The van der Waals surface area contributed by atoms with Crippen molar-refractivity contribution in [3.63, 3.8) is 0 Å². The van der Waals surface area contributed by atoms with E-state index in [0.717, 1.165) is 17.3 Å². The van der Waals surface area contributed by atoms with Crippen LogP contribution in [-0.2, 0) is 22.8 Å². The zero-order chi connectivity index (χ0) is 20.2. The number of carbonyl (C=O) groups is 1. The number of nitrogens with one attached hydrogen (secondary N) is 1. The van der Waals surface area contributed by atoms with Gasteiger partial charge in [-0.1, -0.05) is 19.6 Å². The highest BCUT2D eigenvalue weighted by Gasteiger charge is 2.17. The molecule has 2 heterocycles. The molecule has 0 saturated heterocycles. The standard InChI is InChI=1S/C19H31N3O4Si/c1-19(2,3)26-18(24)21-17-8-7-16-15(20-17)11-14(12-23)22(16)13-25-9-10-27(4,5)6/h7-8,11,23H,9-10,12-13H2,1-6H3,(H,20,21,24). The normalized spacial score (nSPS) is 12.4. The second-order valence-corrected chi connectivity index (χ2v) is 14.4. The molecule has 150 valence electrons. The fourth-order valence-corrected chi connectivity index (χ4v) is 3.24. The molecule has 0 aliphatic heterocycles. The Morgan fingerprint density at radius 3 is 2.59 bits per heavy atom. The molecular weight excluding hydrogens is 362 g/mol. The molecule has 8 heteroatoms. The number of anilines is 1. The summed E-state index contributed by atoms with van der Waals surface area (Å²) in [5, 5.41) is 12.3. The second-order valence-electron chi connectivity index (χ2n) is 8.80. The van der Waals surface area contributed by atoms with Crippen molar-refractivity contribution in [1.29, 1.82) is 0 Å².